The first-order valence-electron chi connectivity index (χ1n) is 8.88. The Hall–Kier alpha value is -1.59. The number of hydrogen-bond donors (Lipinski definition) is 0. The number of aromatic nitrogens is 1. The average molecular weight is 393 g/mol. The third-order valence-electron chi connectivity index (χ3n) is 4.75. The predicted octanol–water partition coefficient (Wildman–Crippen LogP) is 5.90. The minimum atomic E-state index is -0.529. The Bertz CT molecular complexity index is 757. The van der Waals surface area contributed by atoms with Crippen molar-refractivity contribution >= 4 is 29.0 Å². The second kappa shape index (κ2) is 7.57. The molecule has 0 saturated carbocycles. The van der Waals surface area contributed by atoms with Crippen molar-refractivity contribution in [2.45, 2.75) is 51.7 Å². The molecule has 1 aromatic carbocycles. The number of carbonyl (C=O) groups excluding carboxylic acids is 1. The van der Waals surface area contributed by atoms with E-state index >= 15 is 0 Å². The van der Waals surface area contributed by atoms with E-state index in [0.717, 1.165) is 22.7 Å². The van der Waals surface area contributed by atoms with Gasteiger partial charge in [0.15, 0.2) is 0 Å². The second-order valence-electron chi connectivity index (χ2n) is 7.94. The van der Waals surface area contributed by atoms with Gasteiger partial charge in [0.2, 0.25) is 0 Å². The molecule has 4 nitrogen and oxygen atoms in total. The summed E-state index contributed by atoms with van der Waals surface area (Å²) in [5.41, 5.74) is 3.39. The number of thiazole rings is 1. The maximum absolute atomic E-state index is 12.9. The Kier molecular flexibility index (Phi) is 5.58. The molecule has 3 atom stereocenters. The highest BCUT2D eigenvalue weighted by Crippen LogP contribution is 2.42. The smallest absolute Gasteiger partial charge is 0.410 e. The summed E-state index contributed by atoms with van der Waals surface area (Å²) in [5, 5.41) is 2.74. The molecule has 3 unspecified atom stereocenters. The molecule has 0 radical (unpaired) electrons. The summed E-state index contributed by atoms with van der Waals surface area (Å²) in [4.78, 5) is 19.2. The lowest BCUT2D eigenvalue weighted by Gasteiger charge is -2.43. The number of piperidine rings is 1. The van der Waals surface area contributed by atoms with Crippen LogP contribution in [0.4, 0.5) is 4.79 Å². The number of ether oxygens (including phenoxy) is 1. The fourth-order valence-corrected chi connectivity index (χ4v) is 4.32. The van der Waals surface area contributed by atoms with Crippen molar-refractivity contribution in [3.05, 3.63) is 51.4 Å². The number of benzene rings is 1. The highest BCUT2D eigenvalue weighted by atomic mass is 35.5. The third-order valence-corrected chi connectivity index (χ3v) is 5.59. The summed E-state index contributed by atoms with van der Waals surface area (Å²) in [5.74, 6) is 0.620. The predicted molar refractivity (Wildman–Crippen MR) is 106 cm³/mol. The number of hydrogen-bond acceptors (Lipinski definition) is 4. The van der Waals surface area contributed by atoms with Gasteiger partial charge in [0.1, 0.15) is 5.60 Å². The quantitative estimate of drug-likeness (QED) is 0.639. The molecule has 1 saturated heterocycles. The summed E-state index contributed by atoms with van der Waals surface area (Å²) < 4.78 is 5.69. The minimum absolute atomic E-state index is 0.0541. The van der Waals surface area contributed by atoms with Crippen LogP contribution in [0.3, 0.4) is 0 Å². The van der Waals surface area contributed by atoms with Gasteiger partial charge in [-0.1, -0.05) is 30.7 Å². The zero-order chi connectivity index (χ0) is 18.9. The molecule has 3 rings (SSSR count). The number of likely N-dealkylation sites (tertiary alicyclic amines) is 1. The van der Waals surface area contributed by atoms with Gasteiger partial charge < -0.3 is 4.74 Å². The van der Waals surface area contributed by atoms with Crippen molar-refractivity contribution in [2.75, 3.05) is 6.54 Å². The first-order chi connectivity index (χ1) is 12.2. The van der Waals surface area contributed by atoms with E-state index in [2.05, 4.69) is 18.0 Å². The molecule has 0 bridgehead atoms. The molecule has 2 aromatic rings. The van der Waals surface area contributed by atoms with E-state index in [4.69, 9.17) is 16.3 Å². The van der Waals surface area contributed by atoms with Gasteiger partial charge in [-0.05, 0) is 50.8 Å². The average Bonchev–Trinajstić information content (AvgIpc) is 3.07. The molecule has 26 heavy (non-hydrogen) atoms. The molecule has 0 N–H and O–H groups in total. The highest BCUT2D eigenvalue weighted by molar-refractivity contribution is 7.07. The van der Waals surface area contributed by atoms with Crippen molar-refractivity contribution in [1.29, 1.82) is 0 Å². The molecule has 0 aliphatic carbocycles. The Morgan fingerprint density at radius 2 is 2.15 bits per heavy atom. The standard InChI is InChI=1S/C20H25ClN2O2S/c1-13-8-18(17-11-26-12-22-17)23(19(24)25-20(2,3)4)10-16(13)14-6-5-7-15(21)9-14/h5-7,9,11-13,16,18H,8,10H2,1-4H3. The Balaban J connectivity index is 1.90. The van der Waals surface area contributed by atoms with Crippen LogP contribution in [-0.4, -0.2) is 28.1 Å². The molecule has 1 fully saturated rings. The van der Waals surface area contributed by atoms with Crippen molar-refractivity contribution in [1.82, 2.24) is 9.88 Å². The van der Waals surface area contributed by atoms with Crippen LogP contribution in [0, 0.1) is 5.92 Å². The van der Waals surface area contributed by atoms with E-state index in [0.29, 0.717) is 12.5 Å². The number of rotatable bonds is 2. The van der Waals surface area contributed by atoms with Crippen molar-refractivity contribution < 1.29 is 9.53 Å². The molecular formula is C20H25ClN2O2S. The van der Waals surface area contributed by atoms with Gasteiger partial charge in [0.25, 0.3) is 0 Å². The lowest BCUT2D eigenvalue weighted by atomic mass is 9.78. The first kappa shape index (κ1) is 19.2. The van der Waals surface area contributed by atoms with Crippen LogP contribution in [-0.2, 0) is 4.74 Å². The zero-order valence-electron chi connectivity index (χ0n) is 15.6. The van der Waals surface area contributed by atoms with E-state index in [-0.39, 0.29) is 18.1 Å². The van der Waals surface area contributed by atoms with E-state index in [9.17, 15) is 4.79 Å². The van der Waals surface area contributed by atoms with Crippen molar-refractivity contribution in [2.24, 2.45) is 5.92 Å². The topological polar surface area (TPSA) is 42.4 Å². The molecule has 6 heteroatoms. The SMILES string of the molecule is CC1CC(c2cscn2)N(C(=O)OC(C)(C)C)CC1c1cccc(Cl)c1. The monoisotopic (exact) mass is 392 g/mol. The Labute approximate surface area is 164 Å². The van der Waals surface area contributed by atoms with Gasteiger partial charge in [0.05, 0.1) is 17.2 Å². The minimum Gasteiger partial charge on any atom is -0.444 e. The third kappa shape index (κ3) is 4.38. The maximum atomic E-state index is 12.9. The van der Waals surface area contributed by atoms with Gasteiger partial charge in [-0.2, -0.15) is 0 Å². The molecule has 0 spiro atoms. The Morgan fingerprint density at radius 1 is 1.38 bits per heavy atom. The van der Waals surface area contributed by atoms with Crippen LogP contribution in [0.5, 0.6) is 0 Å². The molecular weight excluding hydrogens is 368 g/mol. The lowest BCUT2D eigenvalue weighted by molar-refractivity contribution is 0.000821. The number of nitrogens with zero attached hydrogens (tertiary/aromatic N) is 2. The summed E-state index contributed by atoms with van der Waals surface area (Å²) in [6.07, 6.45) is 0.564. The first-order valence-corrected chi connectivity index (χ1v) is 10.2. The summed E-state index contributed by atoms with van der Waals surface area (Å²) in [7, 11) is 0. The van der Waals surface area contributed by atoms with Crippen LogP contribution in [0.15, 0.2) is 35.2 Å². The van der Waals surface area contributed by atoms with Gasteiger partial charge in [0, 0.05) is 22.9 Å². The zero-order valence-corrected chi connectivity index (χ0v) is 17.2. The van der Waals surface area contributed by atoms with Gasteiger partial charge in [-0.25, -0.2) is 9.78 Å². The van der Waals surface area contributed by atoms with Crippen LogP contribution in [0.25, 0.3) is 0 Å². The molecule has 140 valence electrons. The Morgan fingerprint density at radius 3 is 2.77 bits per heavy atom. The van der Waals surface area contributed by atoms with E-state index < -0.39 is 5.60 Å². The number of carbonyl (C=O) groups is 1. The van der Waals surface area contributed by atoms with E-state index in [1.54, 1.807) is 11.3 Å². The molecule has 1 aliphatic rings. The van der Waals surface area contributed by atoms with E-state index in [1.165, 1.54) is 0 Å². The highest BCUT2D eigenvalue weighted by Gasteiger charge is 2.40. The number of halogens is 1. The van der Waals surface area contributed by atoms with Gasteiger partial charge in [-0.3, -0.25) is 4.90 Å². The molecule has 2 heterocycles. The molecule has 1 amide bonds. The van der Waals surface area contributed by atoms with Crippen LogP contribution >= 0.6 is 22.9 Å². The summed E-state index contributed by atoms with van der Waals surface area (Å²) in [6.45, 7) is 8.51. The van der Waals surface area contributed by atoms with Crippen molar-refractivity contribution in [3.8, 4) is 0 Å². The fraction of sp³-hybridized carbons (Fsp3) is 0.500. The lowest BCUT2D eigenvalue weighted by Crippen LogP contribution is -2.46. The van der Waals surface area contributed by atoms with E-state index in [1.807, 2.05) is 54.8 Å². The fourth-order valence-electron chi connectivity index (χ4n) is 3.52. The molecule has 1 aliphatic heterocycles. The summed E-state index contributed by atoms with van der Waals surface area (Å²) in [6, 6.07) is 7.88. The maximum Gasteiger partial charge on any atom is 0.410 e. The largest absolute Gasteiger partial charge is 0.444 e. The van der Waals surface area contributed by atoms with Crippen LogP contribution in [0.2, 0.25) is 5.02 Å². The normalized spacial score (nSPS) is 23.7. The van der Waals surface area contributed by atoms with Crippen molar-refractivity contribution in [3.63, 3.8) is 0 Å². The van der Waals surface area contributed by atoms with Crippen LogP contribution in [0.1, 0.15) is 57.3 Å². The molecule has 1 aromatic heterocycles. The van der Waals surface area contributed by atoms with Gasteiger partial charge >= 0.3 is 6.09 Å². The summed E-state index contributed by atoms with van der Waals surface area (Å²) >= 11 is 7.75. The van der Waals surface area contributed by atoms with Crippen LogP contribution < -0.4 is 0 Å². The van der Waals surface area contributed by atoms with Gasteiger partial charge in [-0.15, -0.1) is 11.3 Å². The second-order valence-corrected chi connectivity index (χ2v) is 9.09. The number of amides is 1.